The second kappa shape index (κ2) is 5.83. The molecule has 108 valence electrons. The van der Waals surface area contributed by atoms with Crippen LogP contribution in [-0.2, 0) is 4.79 Å². The molecule has 2 rings (SSSR count). The molecular formula is C14H16BrNO4. The molecule has 2 unspecified atom stereocenters. The third-order valence-electron chi connectivity index (χ3n) is 3.68. The number of halogens is 1. The van der Waals surface area contributed by atoms with E-state index in [1.165, 1.54) is 6.07 Å². The van der Waals surface area contributed by atoms with Gasteiger partial charge in [-0.1, -0.05) is 15.9 Å². The number of amides is 1. The number of aliphatic carboxylic acids is 1. The van der Waals surface area contributed by atoms with Gasteiger partial charge in [0.15, 0.2) is 0 Å². The van der Waals surface area contributed by atoms with Gasteiger partial charge < -0.3 is 15.1 Å². The number of phenols is 1. The van der Waals surface area contributed by atoms with Gasteiger partial charge in [-0.25, -0.2) is 0 Å². The van der Waals surface area contributed by atoms with Crippen LogP contribution in [0.1, 0.15) is 30.1 Å². The summed E-state index contributed by atoms with van der Waals surface area (Å²) in [5.41, 5.74) is 0.244. The van der Waals surface area contributed by atoms with E-state index in [2.05, 4.69) is 15.9 Å². The van der Waals surface area contributed by atoms with E-state index in [0.717, 1.165) is 0 Å². The van der Waals surface area contributed by atoms with Crippen molar-refractivity contribution in [3.63, 3.8) is 0 Å². The topological polar surface area (TPSA) is 77.8 Å². The molecule has 1 aromatic rings. The lowest BCUT2D eigenvalue weighted by Crippen LogP contribution is -2.46. The minimum atomic E-state index is -0.810. The quantitative estimate of drug-likeness (QED) is 0.866. The fourth-order valence-corrected chi connectivity index (χ4v) is 2.89. The fraction of sp³-hybridized carbons (Fsp3) is 0.429. The maximum absolute atomic E-state index is 12.4. The summed E-state index contributed by atoms with van der Waals surface area (Å²) < 4.78 is 0.698. The van der Waals surface area contributed by atoms with E-state index in [4.69, 9.17) is 5.11 Å². The van der Waals surface area contributed by atoms with Gasteiger partial charge in [0.05, 0.1) is 11.5 Å². The Labute approximate surface area is 125 Å². The number of carbonyl (C=O) groups is 2. The predicted molar refractivity (Wildman–Crippen MR) is 76.7 cm³/mol. The Morgan fingerprint density at radius 2 is 2.10 bits per heavy atom. The van der Waals surface area contributed by atoms with E-state index < -0.39 is 11.9 Å². The van der Waals surface area contributed by atoms with Gasteiger partial charge in [-0.2, -0.15) is 0 Å². The molecule has 1 aliphatic heterocycles. The van der Waals surface area contributed by atoms with Crippen molar-refractivity contribution in [2.24, 2.45) is 5.92 Å². The number of hydrogen-bond donors (Lipinski definition) is 2. The minimum absolute atomic E-state index is 0.0723. The van der Waals surface area contributed by atoms with Crippen molar-refractivity contribution in [1.29, 1.82) is 0 Å². The van der Waals surface area contributed by atoms with Gasteiger partial charge >= 0.3 is 5.97 Å². The van der Waals surface area contributed by atoms with Crippen molar-refractivity contribution in [3.8, 4) is 5.75 Å². The van der Waals surface area contributed by atoms with Crippen LogP contribution in [0.5, 0.6) is 5.75 Å². The summed E-state index contributed by atoms with van der Waals surface area (Å²) in [7, 11) is 0. The van der Waals surface area contributed by atoms with Crippen LogP contribution in [0.3, 0.4) is 0 Å². The molecule has 0 aliphatic carbocycles. The van der Waals surface area contributed by atoms with Crippen LogP contribution >= 0.6 is 15.9 Å². The molecule has 2 N–H and O–H groups in total. The van der Waals surface area contributed by atoms with E-state index in [1.807, 2.05) is 6.92 Å². The summed E-state index contributed by atoms with van der Waals surface area (Å²) in [6, 6.07) is 4.58. The summed E-state index contributed by atoms with van der Waals surface area (Å²) >= 11 is 3.23. The van der Waals surface area contributed by atoms with Crippen molar-refractivity contribution in [2.45, 2.75) is 25.8 Å². The number of phenolic OH excluding ortho intramolecular Hbond substituents is 1. The molecule has 1 aromatic carbocycles. The number of benzene rings is 1. The Kier molecular flexibility index (Phi) is 4.32. The average Bonchev–Trinajstić information content (AvgIpc) is 2.37. The molecule has 0 spiro atoms. The van der Waals surface area contributed by atoms with Gasteiger partial charge in [0.2, 0.25) is 0 Å². The van der Waals surface area contributed by atoms with Gasteiger partial charge in [0.1, 0.15) is 5.75 Å². The van der Waals surface area contributed by atoms with Crippen molar-refractivity contribution < 1.29 is 19.8 Å². The van der Waals surface area contributed by atoms with E-state index >= 15 is 0 Å². The maximum Gasteiger partial charge on any atom is 0.306 e. The van der Waals surface area contributed by atoms with Gasteiger partial charge in [0.25, 0.3) is 5.91 Å². The normalized spacial score (nSPS) is 22.6. The van der Waals surface area contributed by atoms with Crippen molar-refractivity contribution in [1.82, 2.24) is 4.90 Å². The van der Waals surface area contributed by atoms with Crippen molar-refractivity contribution >= 4 is 27.8 Å². The predicted octanol–water partition coefficient (Wildman–Crippen LogP) is 2.48. The van der Waals surface area contributed by atoms with Crippen LogP contribution in [0.2, 0.25) is 0 Å². The van der Waals surface area contributed by atoms with Crippen molar-refractivity contribution in [2.75, 3.05) is 6.54 Å². The number of carboxylic acids is 1. The number of nitrogens with zero attached hydrogens (tertiary/aromatic N) is 1. The van der Waals surface area contributed by atoms with E-state index in [0.29, 0.717) is 23.9 Å². The van der Waals surface area contributed by atoms with Crippen LogP contribution in [0.15, 0.2) is 22.7 Å². The Morgan fingerprint density at radius 3 is 2.65 bits per heavy atom. The van der Waals surface area contributed by atoms with Crippen LogP contribution in [0.25, 0.3) is 0 Å². The van der Waals surface area contributed by atoms with E-state index in [9.17, 15) is 14.7 Å². The SMILES string of the molecule is CC1CC(C(=O)O)CCN1C(=O)c1ccc(Br)cc1O. The Hall–Kier alpha value is -1.56. The van der Waals surface area contributed by atoms with E-state index in [1.54, 1.807) is 17.0 Å². The summed E-state index contributed by atoms with van der Waals surface area (Å²) in [5, 5.41) is 18.9. The van der Waals surface area contributed by atoms with Crippen molar-refractivity contribution in [3.05, 3.63) is 28.2 Å². The highest BCUT2D eigenvalue weighted by Gasteiger charge is 2.33. The number of rotatable bonds is 2. The molecule has 0 saturated carbocycles. The van der Waals surface area contributed by atoms with Crippen LogP contribution < -0.4 is 0 Å². The van der Waals surface area contributed by atoms with Crippen LogP contribution in [0.4, 0.5) is 0 Å². The van der Waals surface area contributed by atoms with Gasteiger partial charge in [-0.05, 0) is 38.0 Å². The second-order valence-corrected chi connectivity index (χ2v) is 5.98. The third kappa shape index (κ3) is 2.95. The van der Waals surface area contributed by atoms with Crippen LogP contribution in [-0.4, -0.2) is 39.6 Å². The highest BCUT2D eigenvalue weighted by atomic mass is 79.9. The summed E-state index contributed by atoms with van der Waals surface area (Å²) in [5.74, 6) is -1.54. The molecule has 1 heterocycles. The number of likely N-dealkylation sites (tertiary alicyclic amines) is 1. The number of carboxylic acid groups (broad SMARTS) is 1. The number of piperidine rings is 1. The van der Waals surface area contributed by atoms with E-state index in [-0.39, 0.29) is 23.3 Å². The average molecular weight is 342 g/mol. The standard InChI is InChI=1S/C14H16BrNO4/c1-8-6-9(14(19)20)4-5-16(8)13(18)11-3-2-10(15)7-12(11)17/h2-3,7-9,17H,4-6H2,1H3,(H,19,20). The minimum Gasteiger partial charge on any atom is -0.507 e. The first-order valence-electron chi connectivity index (χ1n) is 6.42. The zero-order valence-corrected chi connectivity index (χ0v) is 12.6. The Bertz CT molecular complexity index is 546. The molecule has 1 amide bonds. The Morgan fingerprint density at radius 1 is 1.40 bits per heavy atom. The lowest BCUT2D eigenvalue weighted by molar-refractivity contribution is -0.143. The molecule has 1 saturated heterocycles. The molecule has 20 heavy (non-hydrogen) atoms. The monoisotopic (exact) mass is 341 g/mol. The van der Waals surface area contributed by atoms with Crippen LogP contribution in [0, 0.1) is 5.92 Å². The molecule has 1 aliphatic rings. The summed E-state index contributed by atoms with van der Waals surface area (Å²) in [6.07, 6.45) is 0.890. The van der Waals surface area contributed by atoms with Gasteiger partial charge in [-0.15, -0.1) is 0 Å². The number of carbonyl (C=O) groups excluding carboxylic acids is 1. The molecule has 0 radical (unpaired) electrons. The zero-order valence-electron chi connectivity index (χ0n) is 11.0. The smallest absolute Gasteiger partial charge is 0.306 e. The second-order valence-electron chi connectivity index (χ2n) is 5.07. The molecule has 6 heteroatoms. The maximum atomic E-state index is 12.4. The third-order valence-corrected chi connectivity index (χ3v) is 4.17. The highest BCUT2D eigenvalue weighted by molar-refractivity contribution is 9.10. The molecular weight excluding hydrogens is 326 g/mol. The molecule has 0 bridgehead atoms. The first-order chi connectivity index (χ1) is 9.40. The lowest BCUT2D eigenvalue weighted by Gasteiger charge is -2.36. The number of hydrogen-bond acceptors (Lipinski definition) is 3. The first-order valence-corrected chi connectivity index (χ1v) is 7.21. The summed E-state index contributed by atoms with van der Waals surface area (Å²) in [6.45, 7) is 2.23. The highest BCUT2D eigenvalue weighted by Crippen LogP contribution is 2.28. The fourth-order valence-electron chi connectivity index (χ4n) is 2.54. The molecule has 5 nitrogen and oxygen atoms in total. The first kappa shape index (κ1) is 14.8. The van der Waals surface area contributed by atoms with Gasteiger partial charge in [-0.3, -0.25) is 9.59 Å². The Balaban J connectivity index is 2.16. The molecule has 1 fully saturated rings. The van der Waals surface area contributed by atoms with Gasteiger partial charge in [0, 0.05) is 17.1 Å². The summed E-state index contributed by atoms with van der Waals surface area (Å²) in [4.78, 5) is 25.0. The molecule has 0 aromatic heterocycles. The lowest BCUT2D eigenvalue weighted by atomic mass is 9.91. The number of aromatic hydroxyl groups is 1. The molecule has 2 atom stereocenters. The largest absolute Gasteiger partial charge is 0.507 e. The zero-order chi connectivity index (χ0) is 14.9.